The highest BCUT2D eigenvalue weighted by Gasteiger charge is 2.15. The Morgan fingerprint density at radius 1 is 0.900 bits per heavy atom. The molecule has 0 aliphatic rings. The molecule has 1 nitrogen and oxygen atoms in total. The van der Waals surface area contributed by atoms with Gasteiger partial charge in [0.15, 0.2) is 0 Å². The summed E-state index contributed by atoms with van der Waals surface area (Å²) in [5.41, 5.74) is -0.501. The van der Waals surface area contributed by atoms with Gasteiger partial charge in [0.05, 0.1) is 0 Å². The summed E-state index contributed by atoms with van der Waals surface area (Å²) in [6.07, 6.45) is -0.294. The molecule has 2 aromatic rings. The van der Waals surface area contributed by atoms with Crippen molar-refractivity contribution in [3.05, 3.63) is 69.8 Å². The summed E-state index contributed by atoms with van der Waals surface area (Å²) in [5, 5.41) is 8.55. The van der Waals surface area contributed by atoms with Gasteiger partial charge in [0.25, 0.3) is 0 Å². The molecule has 102 valence electrons. The molecular weight excluding hydrogens is 270 g/mol. The number of nitrogens with zero attached hydrogens (tertiary/aromatic N) is 1. The van der Waals surface area contributed by atoms with E-state index in [1.54, 1.807) is 0 Å². The molecule has 0 radical (unpaired) electrons. The minimum Gasteiger partial charge on any atom is -0.207 e. The second kappa shape index (κ2) is 5.33. The molecule has 0 fully saturated rings. The van der Waals surface area contributed by atoms with Crippen molar-refractivity contribution in [3.8, 4) is 6.07 Å². The van der Waals surface area contributed by atoms with Crippen LogP contribution in [0.2, 0.25) is 0 Å². The normalized spacial score (nSPS) is 10.4. The minimum absolute atomic E-state index is 0.0562. The number of hydrogen-bond donors (Lipinski definition) is 0. The van der Waals surface area contributed by atoms with Gasteiger partial charge in [0.1, 0.15) is 34.9 Å². The molecule has 0 aromatic heterocycles. The SMILES string of the molecule is Cc1cc(F)c(Cc2cc(F)c(C#N)c(F)c2)c(F)c1. The van der Waals surface area contributed by atoms with E-state index in [9.17, 15) is 17.6 Å². The summed E-state index contributed by atoms with van der Waals surface area (Å²) in [7, 11) is 0. The maximum atomic E-state index is 13.7. The van der Waals surface area contributed by atoms with Gasteiger partial charge in [-0.25, -0.2) is 17.6 Å². The number of rotatable bonds is 2. The van der Waals surface area contributed by atoms with E-state index in [-0.39, 0.29) is 17.5 Å². The Morgan fingerprint density at radius 3 is 1.85 bits per heavy atom. The van der Waals surface area contributed by atoms with Gasteiger partial charge < -0.3 is 0 Å². The monoisotopic (exact) mass is 279 g/mol. The van der Waals surface area contributed by atoms with Gasteiger partial charge in [0, 0.05) is 12.0 Å². The van der Waals surface area contributed by atoms with E-state index in [0.717, 1.165) is 24.3 Å². The van der Waals surface area contributed by atoms with Crippen molar-refractivity contribution in [2.45, 2.75) is 13.3 Å². The second-order valence-corrected chi connectivity index (χ2v) is 4.43. The lowest BCUT2D eigenvalue weighted by Gasteiger charge is -2.08. The van der Waals surface area contributed by atoms with E-state index in [4.69, 9.17) is 5.26 Å². The lowest BCUT2D eigenvalue weighted by atomic mass is 10.0. The summed E-state index contributed by atoms with van der Waals surface area (Å²) in [6.45, 7) is 1.54. The highest BCUT2D eigenvalue weighted by atomic mass is 19.1. The molecule has 0 spiro atoms. The third kappa shape index (κ3) is 2.64. The van der Waals surface area contributed by atoms with Crippen molar-refractivity contribution in [3.63, 3.8) is 0 Å². The molecule has 0 N–H and O–H groups in total. The first-order chi connectivity index (χ1) is 9.42. The zero-order chi connectivity index (χ0) is 14.9. The number of halogens is 4. The predicted molar refractivity (Wildman–Crippen MR) is 65.0 cm³/mol. The molecule has 0 aliphatic carbocycles. The summed E-state index contributed by atoms with van der Waals surface area (Å²) in [5.74, 6) is -3.63. The summed E-state index contributed by atoms with van der Waals surface area (Å²) < 4.78 is 54.2. The number of benzene rings is 2. The van der Waals surface area contributed by atoms with Crippen molar-refractivity contribution in [1.29, 1.82) is 5.26 Å². The van der Waals surface area contributed by atoms with Crippen molar-refractivity contribution in [2.75, 3.05) is 0 Å². The maximum Gasteiger partial charge on any atom is 0.144 e. The fourth-order valence-electron chi connectivity index (χ4n) is 1.94. The Balaban J connectivity index is 2.44. The Hall–Kier alpha value is -2.35. The van der Waals surface area contributed by atoms with Crippen molar-refractivity contribution in [1.82, 2.24) is 0 Å². The molecule has 0 aliphatic heterocycles. The molecule has 0 heterocycles. The fraction of sp³-hybridized carbons (Fsp3) is 0.133. The molecule has 0 unspecified atom stereocenters. The zero-order valence-electron chi connectivity index (χ0n) is 10.5. The number of hydrogen-bond acceptors (Lipinski definition) is 1. The smallest absolute Gasteiger partial charge is 0.144 e. The first kappa shape index (κ1) is 14.1. The average Bonchev–Trinajstić information content (AvgIpc) is 2.33. The van der Waals surface area contributed by atoms with Crippen LogP contribution in [-0.2, 0) is 6.42 Å². The van der Waals surface area contributed by atoms with Crippen LogP contribution in [0.5, 0.6) is 0 Å². The highest BCUT2D eigenvalue weighted by molar-refractivity contribution is 5.38. The van der Waals surface area contributed by atoms with Crippen LogP contribution >= 0.6 is 0 Å². The quantitative estimate of drug-likeness (QED) is 0.762. The van der Waals surface area contributed by atoms with Crippen LogP contribution in [0.3, 0.4) is 0 Å². The largest absolute Gasteiger partial charge is 0.207 e. The average molecular weight is 279 g/mol. The lowest BCUT2D eigenvalue weighted by molar-refractivity contribution is 0.554. The summed E-state index contributed by atoms with van der Waals surface area (Å²) in [6, 6.07) is 5.49. The zero-order valence-corrected chi connectivity index (χ0v) is 10.5. The van der Waals surface area contributed by atoms with Crippen molar-refractivity contribution < 1.29 is 17.6 Å². The van der Waals surface area contributed by atoms with Crippen LogP contribution < -0.4 is 0 Å². The van der Waals surface area contributed by atoms with Crippen molar-refractivity contribution >= 4 is 0 Å². The van der Waals surface area contributed by atoms with Gasteiger partial charge >= 0.3 is 0 Å². The molecule has 5 heteroatoms. The molecular formula is C15H9F4N. The van der Waals surface area contributed by atoms with E-state index < -0.39 is 28.8 Å². The van der Waals surface area contributed by atoms with Crippen LogP contribution in [0.4, 0.5) is 17.6 Å². The molecule has 0 amide bonds. The van der Waals surface area contributed by atoms with Crippen LogP contribution in [0.1, 0.15) is 22.3 Å². The van der Waals surface area contributed by atoms with Gasteiger partial charge in [-0.15, -0.1) is 0 Å². The van der Waals surface area contributed by atoms with Gasteiger partial charge in [-0.1, -0.05) is 0 Å². The molecule has 0 bridgehead atoms. The molecule has 20 heavy (non-hydrogen) atoms. The Morgan fingerprint density at radius 2 is 1.40 bits per heavy atom. The maximum absolute atomic E-state index is 13.7. The number of aryl methyl sites for hydroxylation is 1. The van der Waals surface area contributed by atoms with Crippen molar-refractivity contribution in [2.24, 2.45) is 0 Å². The molecule has 0 saturated carbocycles. The fourth-order valence-corrected chi connectivity index (χ4v) is 1.94. The lowest BCUT2D eigenvalue weighted by Crippen LogP contribution is -2.01. The second-order valence-electron chi connectivity index (χ2n) is 4.43. The number of nitriles is 1. The minimum atomic E-state index is -1.05. The van der Waals surface area contributed by atoms with Gasteiger partial charge in [-0.2, -0.15) is 5.26 Å². The highest BCUT2D eigenvalue weighted by Crippen LogP contribution is 2.21. The van der Waals surface area contributed by atoms with Crippen LogP contribution in [0.15, 0.2) is 24.3 Å². The Labute approximate surface area is 113 Å². The molecule has 0 saturated heterocycles. The van der Waals surface area contributed by atoms with Crippen LogP contribution in [0.25, 0.3) is 0 Å². The van der Waals surface area contributed by atoms with Gasteiger partial charge in [-0.3, -0.25) is 0 Å². The van der Waals surface area contributed by atoms with E-state index in [0.29, 0.717) is 5.56 Å². The third-order valence-electron chi connectivity index (χ3n) is 2.88. The van der Waals surface area contributed by atoms with E-state index in [1.165, 1.54) is 13.0 Å². The molecule has 2 rings (SSSR count). The topological polar surface area (TPSA) is 23.8 Å². The molecule has 2 aromatic carbocycles. The van der Waals surface area contributed by atoms with E-state index >= 15 is 0 Å². The van der Waals surface area contributed by atoms with Crippen LogP contribution in [0, 0.1) is 41.5 Å². The van der Waals surface area contributed by atoms with E-state index in [2.05, 4.69) is 0 Å². The van der Waals surface area contributed by atoms with E-state index in [1.807, 2.05) is 0 Å². The standard InChI is InChI=1S/C15H9F4N/c1-8-2-12(16)10(13(17)3-8)4-9-5-14(18)11(7-20)15(19)6-9/h2-3,5-6H,4H2,1H3. The third-order valence-corrected chi connectivity index (χ3v) is 2.88. The summed E-state index contributed by atoms with van der Waals surface area (Å²) >= 11 is 0. The van der Waals surface area contributed by atoms with Gasteiger partial charge in [-0.05, 0) is 42.3 Å². The van der Waals surface area contributed by atoms with Gasteiger partial charge in [0.2, 0.25) is 0 Å². The first-order valence-electron chi connectivity index (χ1n) is 5.75. The predicted octanol–water partition coefficient (Wildman–Crippen LogP) is 4.01. The Kier molecular flexibility index (Phi) is 3.75. The summed E-state index contributed by atoms with van der Waals surface area (Å²) in [4.78, 5) is 0. The first-order valence-corrected chi connectivity index (χ1v) is 5.75. The van der Waals surface area contributed by atoms with Crippen LogP contribution in [-0.4, -0.2) is 0 Å². The molecule has 0 atom stereocenters. The Bertz CT molecular complexity index is 670.